The highest BCUT2D eigenvalue weighted by atomic mass is 32.1. The predicted molar refractivity (Wildman–Crippen MR) is 108 cm³/mol. The van der Waals surface area contributed by atoms with Gasteiger partial charge in [-0.05, 0) is 43.7 Å². The lowest BCUT2D eigenvalue weighted by Gasteiger charge is -2.05. The number of thiazole rings is 1. The van der Waals surface area contributed by atoms with Crippen LogP contribution in [0.15, 0.2) is 47.8 Å². The summed E-state index contributed by atoms with van der Waals surface area (Å²) in [5.74, 6) is -0.649. The second-order valence-electron chi connectivity index (χ2n) is 6.40. The van der Waals surface area contributed by atoms with E-state index in [1.165, 1.54) is 17.4 Å². The molecule has 7 heteroatoms. The molecule has 0 fully saturated rings. The standard InChI is InChI=1S/C21H20N2O4S/c1-13-3-7-16(8-4-13)22-19(25)10-20-23-17(12-28-20)11-27-21(26)15-6-5-14(2)18(24)9-15/h3-9,12,24H,10-11H2,1-2H3,(H,22,25). The Hall–Kier alpha value is -3.19. The number of nitrogens with one attached hydrogen (secondary N) is 1. The minimum absolute atomic E-state index is 0.00352. The number of ether oxygens (including phenoxy) is 1. The summed E-state index contributed by atoms with van der Waals surface area (Å²) < 4.78 is 5.23. The van der Waals surface area contributed by atoms with Crippen LogP contribution in [0.2, 0.25) is 0 Å². The van der Waals surface area contributed by atoms with E-state index in [-0.39, 0.29) is 30.2 Å². The normalized spacial score (nSPS) is 10.5. The van der Waals surface area contributed by atoms with Crippen LogP contribution in [0.1, 0.15) is 32.2 Å². The van der Waals surface area contributed by atoms with Crippen molar-refractivity contribution >= 4 is 28.9 Å². The first-order valence-electron chi connectivity index (χ1n) is 8.67. The van der Waals surface area contributed by atoms with Crippen molar-refractivity contribution in [3.8, 4) is 5.75 Å². The summed E-state index contributed by atoms with van der Waals surface area (Å²) in [5.41, 5.74) is 3.40. The lowest BCUT2D eigenvalue weighted by Crippen LogP contribution is -2.14. The predicted octanol–water partition coefficient (Wildman–Crippen LogP) is 4.00. The number of amides is 1. The van der Waals surface area contributed by atoms with Gasteiger partial charge in [-0.1, -0.05) is 23.8 Å². The van der Waals surface area contributed by atoms with Crippen molar-refractivity contribution in [3.05, 3.63) is 75.2 Å². The maximum absolute atomic E-state index is 12.1. The first kappa shape index (κ1) is 19.6. The Morgan fingerprint density at radius 3 is 2.61 bits per heavy atom. The number of rotatable bonds is 6. The fraction of sp³-hybridized carbons (Fsp3) is 0.190. The van der Waals surface area contributed by atoms with E-state index in [0.29, 0.717) is 16.3 Å². The van der Waals surface area contributed by atoms with Crippen LogP contribution in [0.25, 0.3) is 0 Å². The summed E-state index contributed by atoms with van der Waals surface area (Å²) in [7, 11) is 0. The van der Waals surface area contributed by atoms with E-state index in [0.717, 1.165) is 11.3 Å². The van der Waals surface area contributed by atoms with E-state index in [1.807, 2.05) is 31.2 Å². The van der Waals surface area contributed by atoms with Crippen molar-refractivity contribution in [1.29, 1.82) is 0 Å². The van der Waals surface area contributed by atoms with Crippen molar-refractivity contribution in [1.82, 2.24) is 4.98 Å². The largest absolute Gasteiger partial charge is 0.508 e. The van der Waals surface area contributed by atoms with Crippen LogP contribution in [0.3, 0.4) is 0 Å². The molecule has 0 saturated carbocycles. The van der Waals surface area contributed by atoms with Crippen molar-refractivity contribution in [2.75, 3.05) is 5.32 Å². The maximum Gasteiger partial charge on any atom is 0.338 e. The van der Waals surface area contributed by atoms with Gasteiger partial charge < -0.3 is 15.2 Å². The Kier molecular flexibility index (Phi) is 6.06. The number of hydrogen-bond acceptors (Lipinski definition) is 6. The maximum atomic E-state index is 12.1. The highest BCUT2D eigenvalue weighted by Gasteiger charge is 2.12. The molecule has 2 N–H and O–H groups in total. The summed E-state index contributed by atoms with van der Waals surface area (Å²) in [6.07, 6.45) is 0.151. The Morgan fingerprint density at radius 1 is 1.14 bits per heavy atom. The molecular weight excluding hydrogens is 376 g/mol. The molecule has 0 aliphatic heterocycles. The molecule has 0 aliphatic carbocycles. The molecule has 2 aromatic carbocycles. The third-order valence-electron chi connectivity index (χ3n) is 4.04. The molecule has 3 aromatic rings. The quantitative estimate of drug-likeness (QED) is 0.615. The number of nitrogens with zero attached hydrogens (tertiary/aromatic N) is 1. The van der Waals surface area contributed by atoms with Gasteiger partial charge in [0.05, 0.1) is 17.7 Å². The van der Waals surface area contributed by atoms with Gasteiger partial charge in [-0.3, -0.25) is 4.79 Å². The van der Waals surface area contributed by atoms with E-state index in [1.54, 1.807) is 24.4 Å². The minimum atomic E-state index is -0.540. The number of phenolic OH excluding ortho intramolecular Hbond substituents is 1. The molecule has 1 amide bonds. The zero-order valence-electron chi connectivity index (χ0n) is 15.6. The lowest BCUT2D eigenvalue weighted by atomic mass is 10.1. The number of esters is 1. The minimum Gasteiger partial charge on any atom is -0.508 e. The average molecular weight is 396 g/mol. The fourth-order valence-corrected chi connectivity index (χ4v) is 3.21. The van der Waals surface area contributed by atoms with Gasteiger partial charge in [0.1, 0.15) is 17.4 Å². The monoisotopic (exact) mass is 396 g/mol. The zero-order chi connectivity index (χ0) is 20.1. The van der Waals surface area contributed by atoms with Crippen molar-refractivity contribution < 1.29 is 19.4 Å². The van der Waals surface area contributed by atoms with Crippen molar-refractivity contribution in [2.24, 2.45) is 0 Å². The number of hydrogen-bond donors (Lipinski definition) is 2. The van der Waals surface area contributed by atoms with Crippen LogP contribution >= 0.6 is 11.3 Å². The smallest absolute Gasteiger partial charge is 0.338 e. The SMILES string of the molecule is Cc1ccc(NC(=O)Cc2nc(COC(=O)c3ccc(C)c(O)c3)cs2)cc1. The highest BCUT2D eigenvalue weighted by Crippen LogP contribution is 2.19. The van der Waals surface area contributed by atoms with E-state index in [4.69, 9.17) is 4.74 Å². The molecule has 1 heterocycles. The van der Waals surface area contributed by atoms with Crippen LogP contribution in [-0.2, 0) is 22.6 Å². The fourth-order valence-electron chi connectivity index (χ4n) is 2.44. The number of aryl methyl sites for hydroxylation is 2. The molecule has 0 bridgehead atoms. The van der Waals surface area contributed by atoms with Gasteiger partial charge in [0.2, 0.25) is 5.91 Å². The first-order chi connectivity index (χ1) is 13.4. The molecule has 0 unspecified atom stereocenters. The average Bonchev–Trinajstić information content (AvgIpc) is 3.11. The molecule has 28 heavy (non-hydrogen) atoms. The topological polar surface area (TPSA) is 88.5 Å². The molecular formula is C21H20N2O4S. The number of benzene rings is 2. The van der Waals surface area contributed by atoms with Crippen LogP contribution in [0, 0.1) is 13.8 Å². The van der Waals surface area contributed by atoms with Crippen molar-refractivity contribution in [3.63, 3.8) is 0 Å². The molecule has 144 valence electrons. The van der Waals surface area contributed by atoms with Crippen LogP contribution in [0.4, 0.5) is 5.69 Å². The number of anilines is 1. The van der Waals surface area contributed by atoms with Gasteiger partial charge in [-0.15, -0.1) is 11.3 Å². The van der Waals surface area contributed by atoms with Crippen LogP contribution in [0.5, 0.6) is 5.75 Å². The molecule has 1 aromatic heterocycles. The Balaban J connectivity index is 1.52. The number of carbonyl (C=O) groups excluding carboxylic acids is 2. The second-order valence-corrected chi connectivity index (χ2v) is 7.34. The summed E-state index contributed by atoms with van der Waals surface area (Å²) >= 11 is 1.34. The number of carbonyl (C=O) groups is 2. The summed E-state index contributed by atoms with van der Waals surface area (Å²) in [5, 5.41) is 14.9. The van der Waals surface area contributed by atoms with Gasteiger partial charge in [0.15, 0.2) is 0 Å². The van der Waals surface area contributed by atoms with Gasteiger partial charge in [-0.2, -0.15) is 0 Å². The van der Waals surface area contributed by atoms with Gasteiger partial charge in [-0.25, -0.2) is 9.78 Å². The molecule has 0 saturated heterocycles. The third kappa shape index (κ3) is 5.17. The van der Waals surface area contributed by atoms with E-state index in [2.05, 4.69) is 10.3 Å². The van der Waals surface area contributed by atoms with E-state index < -0.39 is 5.97 Å². The summed E-state index contributed by atoms with van der Waals surface area (Å²) in [6.45, 7) is 3.73. The van der Waals surface area contributed by atoms with Crippen LogP contribution < -0.4 is 5.32 Å². The number of aromatic hydroxyl groups is 1. The van der Waals surface area contributed by atoms with Gasteiger partial charge in [0, 0.05) is 11.1 Å². The molecule has 0 radical (unpaired) electrons. The Morgan fingerprint density at radius 2 is 1.89 bits per heavy atom. The number of aromatic nitrogens is 1. The lowest BCUT2D eigenvalue weighted by molar-refractivity contribution is -0.115. The second kappa shape index (κ2) is 8.67. The third-order valence-corrected chi connectivity index (χ3v) is 4.94. The molecule has 6 nitrogen and oxygen atoms in total. The molecule has 0 atom stereocenters. The Bertz CT molecular complexity index is 996. The van der Waals surface area contributed by atoms with Gasteiger partial charge >= 0.3 is 5.97 Å². The molecule has 0 aliphatic rings. The summed E-state index contributed by atoms with van der Waals surface area (Å²) in [4.78, 5) is 28.5. The van der Waals surface area contributed by atoms with E-state index >= 15 is 0 Å². The Labute approximate surface area is 166 Å². The van der Waals surface area contributed by atoms with E-state index in [9.17, 15) is 14.7 Å². The summed E-state index contributed by atoms with van der Waals surface area (Å²) in [6, 6.07) is 12.2. The van der Waals surface area contributed by atoms with Gasteiger partial charge in [0.25, 0.3) is 0 Å². The van der Waals surface area contributed by atoms with Crippen LogP contribution in [-0.4, -0.2) is 22.0 Å². The van der Waals surface area contributed by atoms with Crippen molar-refractivity contribution in [2.45, 2.75) is 26.9 Å². The highest BCUT2D eigenvalue weighted by molar-refractivity contribution is 7.09. The molecule has 0 spiro atoms. The molecule has 3 rings (SSSR count). The zero-order valence-corrected chi connectivity index (χ0v) is 16.4. The number of phenols is 1. The first-order valence-corrected chi connectivity index (χ1v) is 9.55.